The Bertz CT molecular complexity index is 682. The Morgan fingerprint density at radius 3 is 2.57 bits per heavy atom. The van der Waals surface area contributed by atoms with Crippen molar-refractivity contribution in [3.8, 4) is 11.8 Å². The van der Waals surface area contributed by atoms with Gasteiger partial charge in [-0.3, -0.25) is 0 Å². The molecule has 0 fully saturated rings. The van der Waals surface area contributed by atoms with Crippen LogP contribution in [-0.2, 0) is 0 Å². The summed E-state index contributed by atoms with van der Waals surface area (Å²) in [5, 5.41) is 8.75. The first-order valence-corrected chi connectivity index (χ1v) is 7.18. The molecule has 3 nitrogen and oxygen atoms in total. The second kappa shape index (κ2) is 6.70. The van der Waals surface area contributed by atoms with Crippen LogP contribution in [0.2, 0.25) is 0 Å². The monoisotopic (exact) mass is 348 g/mol. The summed E-state index contributed by atoms with van der Waals surface area (Å²) in [6.07, 6.45) is -0.497. The van der Waals surface area contributed by atoms with Gasteiger partial charge in [-0.2, -0.15) is 5.26 Å². The Morgan fingerprint density at radius 1 is 1.29 bits per heavy atom. The molecule has 0 saturated carbocycles. The highest BCUT2D eigenvalue weighted by molar-refractivity contribution is 9.10. The molecular weight excluding hydrogens is 335 g/mol. The standard InChI is InChI=1S/C16H14BrFN2O/c1-10(20)16(12-4-2-3-5-13(12)17)21-15-7-6-11(9-19)8-14(15)18/h2-8,10,16H,20H2,1H3. The van der Waals surface area contributed by atoms with E-state index in [1.165, 1.54) is 12.1 Å². The molecule has 0 amide bonds. The van der Waals surface area contributed by atoms with E-state index in [9.17, 15) is 4.39 Å². The zero-order valence-electron chi connectivity index (χ0n) is 11.4. The molecule has 0 saturated heterocycles. The van der Waals surface area contributed by atoms with Crippen LogP contribution in [0, 0.1) is 17.1 Å². The van der Waals surface area contributed by atoms with Crippen LogP contribution < -0.4 is 10.5 Å². The molecule has 2 unspecified atom stereocenters. The summed E-state index contributed by atoms with van der Waals surface area (Å²) in [5.74, 6) is -0.501. The van der Waals surface area contributed by atoms with Crippen LogP contribution in [0.1, 0.15) is 24.2 Å². The molecule has 2 aromatic carbocycles. The van der Waals surface area contributed by atoms with E-state index in [4.69, 9.17) is 15.7 Å². The van der Waals surface area contributed by atoms with E-state index >= 15 is 0 Å². The van der Waals surface area contributed by atoms with E-state index in [0.717, 1.165) is 16.1 Å². The molecule has 0 aromatic heterocycles. The Morgan fingerprint density at radius 2 is 2.00 bits per heavy atom. The minimum absolute atomic E-state index is 0.0760. The molecule has 108 valence electrons. The summed E-state index contributed by atoms with van der Waals surface area (Å²) >= 11 is 3.45. The van der Waals surface area contributed by atoms with Crippen molar-refractivity contribution in [1.29, 1.82) is 5.26 Å². The Labute approximate surface area is 131 Å². The van der Waals surface area contributed by atoms with Gasteiger partial charge in [-0.1, -0.05) is 34.1 Å². The van der Waals surface area contributed by atoms with Crippen molar-refractivity contribution in [3.05, 3.63) is 63.9 Å². The SMILES string of the molecule is CC(N)C(Oc1ccc(C#N)cc1F)c1ccccc1Br. The third kappa shape index (κ3) is 3.60. The first-order chi connectivity index (χ1) is 10.0. The van der Waals surface area contributed by atoms with Crippen LogP contribution in [0.25, 0.3) is 0 Å². The van der Waals surface area contributed by atoms with Crippen LogP contribution >= 0.6 is 15.9 Å². The molecule has 2 atom stereocenters. The number of nitriles is 1. The first-order valence-electron chi connectivity index (χ1n) is 6.39. The Hall–Kier alpha value is -1.90. The molecule has 0 heterocycles. The molecule has 2 N–H and O–H groups in total. The van der Waals surface area contributed by atoms with Gasteiger partial charge in [0.25, 0.3) is 0 Å². The van der Waals surface area contributed by atoms with E-state index in [2.05, 4.69) is 15.9 Å². The van der Waals surface area contributed by atoms with Gasteiger partial charge in [0.15, 0.2) is 11.6 Å². The number of nitrogens with zero attached hydrogens (tertiary/aromatic N) is 1. The zero-order chi connectivity index (χ0) is 15.4. The lowest BCUT2D eigenvalue weighted by atomic mass is 10.0. The molecule has 0 bridgehead atoms. The quantitative estimate of drug-likeness (QED) is 0.910. The van der Waals surface area contributed by atoms with E-state index in [-0.39, 0.29) is 17.4 Å². The van der Waals surface area contributed by atoms with Crippen molar-refractivity contribution in [2.45, 2.75) is 19.1 Å². The number of nitrogens with two attached hydrogens (primary N) is 1. The molecule has 0 spiro atoms. The predicted octanol–water partition coefficient (Wildman–Crippen LogP) is 3.93. The Kier molecular flexibility index (Phi) is 4.94. The van der Waals surface area contributed by atoms with Crippen molar-refractivity contribution in [2.75, 3.05) is 0 Å². The molecule has 21 heavy (non-hydrogen) atoms. The van der Waals surface area contributed by atoms with E-state index in [0.29, 0.717) is 0 Å². The average Bonchev–Trinajstić information content (AvgIpc) is 2.46. The van der Waals surface area contributed by atoms with Gasteiger partial charge in [0, 0.05) is 16.1 Å². The van der Waals surface area contributed by atoms with E-state index < -0.39 is 11.9 Å². The first kappa shape index (κ1) is 15.5. The summed E-state index contributed by atoms with van der Waals surface area (Å²) in [7, 11) is 0. The fourth-order valence-corrected chi connectivity index (χ4v) is 2.47. The highest BCUT2D eigenvalue weighted by Crippen LogP contribution is 2.31. The lowest BCUT2D eigenvalue weighted by molar-refractivity contribution is 0.172. The van der Waals surface area contributed by atoms with Gasteiger partial charge in [-0.25, -0.2) is 4.39 Å². The second-order valence-electron chi connectivity index (χ2n) is 4.68. The maximum atomic E-state index is 13.9. The lowest BCUT2D eigenvalue weighted by Gasteiger charge is -2.24. The van der Waals surface area contributed by atoms with Crippen molar-refractivity contribution in [1.82, 2.24) is 0 Å². The van der Waals surface area contributed by atoms with Crippen LogP contribution in [0.15, 0.2) is 46.9 Å². The summed E-state index contributed by atoms with van der Waals surface area (Å²) in [5.41, 5.74) is 7.06. The number of halogens is 2. The topological polar surface area (TPSA) is 59.0 Å². The maximum Gasteiger partial charge on any atom is 0.166 e. The summed E-state index contributed by atoms with van der Waals surface area (Å²) in [4.78, 5) is 0. The molecule has 0 aliphatic carbocycles. The predicted molar refractivity (Wildman–Crippen MR) is 82.3 cm³/mol. The van der Waals surface area contributed by atoms with Gasteiger partial charge >= 0.3 is 0 Å². The zero-order valence-corrected chi connectivity index (χ0v) is 13.0. The van der Waals surface area contributed by atoms with Gasteiger partial charge in [-0.15, -0.1) is 0 Å². The molecule has 5 heteroatoms. The van der Waals surface area contributed by atoms with E-state index in [1.54, 1.807) is 6.92 Å². The molecule has 2 rings (SSSR count). The number of ether oxygens (including phenoxy) is 1. The number of hydrogen-bond acceptors (Lipinski definition) is 3. The van der Waals surface area contributed by atoms with Crippen molar-refractivity contribution in [3.63, 3.8) is 0 Å². The smallest absolute Gasteiger partial charge is 0.166 e. The van der Waals surface area contributed by atoms with E-state index in [1.807, 2.05) is 30.3 Å². The van der Waals surface area contributed by atoms with Crippen molar-refractivity contribution >= 4 is 15.9 Å². The highest BCUT2D eigenvalue weighted by Gasteiger charge is 2.22. The molecular formula is C16H14BrFN2O. The van der Waals surface area contributed by atoms with Crippen LogP contribution in [0.3, 0.4) is 0 Å². The Balaban J connectivity index is 2.34. The second-order valence-corrected chi connectivity index (χ2v) is 5.53. The molecule has 0 aliphatic rings. The van der Waals surface area contributed by atoms with Gasteiger partial charge in [0.1, 0.15) is 6.10 Å². The van der Waals surface area contributed by atoms with Gasteiger partial charge in [0.05, 0.1) is 11.6 Å². The average molecular weight is 349 g/mol. The number of rotatable bonds is 4. The number of hydrogen-bond donors (Lipinski definition) is 1. The number of benzene rings is 2. The van der Waals surface area contributed by atoms with Crippen molar-refractivity contribution in [2.24, 2.45) is 5.73 Å². The van der Waals surface area contributed by atoms with Crippen LogP contribution in [0.4, 0.5) is 4.39 Å². The molecule has 0 aliphatic heterocycles. The third-order valence-corrected chi connectivity index (χ3v) is 3.73. The van der Waals surface area contributed by atoms with Crippen LogP contribution in [-0.4, -0.2) is 6.04 Å². The lowest BCUT2D eigenvalue weighted by Crippen LogP contribution is -2.29. The van der Waals surface area contributed by atoms with Gasteiger partial charge in [0.2, 0.25) is 0 Å². The fraction of sp³-hybridized carbons (Fsp3) is 0.188. The normalized spacial score (nSPS) is 13.3. The summed E-state index contributed by atoms with van der Waals surface area (Å²) in [6.45, 7) is 1.80. The summed E-state index contributed by atoms with van der Waals surface area (Å²) in [6, 6.07) is 13.2. The molecule has 2 aromatic rings. The minimum Gasteiger partial charge on any atom is -0.481 e. The van der Waals surface area contributed by atoms with Gasteiger partial charge < -0.3 is 10.5 Å². The van der Waals surface area contributed by atoms with Gasteiger partial charge in [-0.05, 0) is 31.2 Å². The fourth-order valence-electron chi connectivity index (χ4n) is 1.96. The highest BCUT2D eigenvalue weighted by atomic mass is 79.9. The summed E-state index contributed by atoms with van der Waals surface area (Å²) < 4.78 is 20.5. The minimum atomic E-state index is -0.577. The maximum absolute atomic E-state index is 13.9. The third-order valence-electron chi connectivity index (χ3n) is 3.00. The van der Waals surface area contributed by atoms with Crippen molar-refractivity contribution < 1.29 is 9.13 Å². The van der Waals surface area contributed by atoms with Crippen LogP contribution in [0.5, 0.6) is 5.75 Å². The largest absolute Gasteiger partial charge is 0.481 e. The molecule has 0 radical (unpaired) electrons.